The lowest BCUT2D eigenvalue weighted by molar-refractivity contribution is -0.134. The van der Waals surface area contributed by atoms with Crippen molar-refractivity contribution in [3.63, 3.8) is 0 Å². The summed E-state index contributed by atoms with van der Waals surface area (Å²) in [5.41, 5.74) is 0. The van der Waals surface area contributed by atoms with Gasteiger partial charge in [-0.15, -0.1) is 0 Å². The van der Waals surface area contributed by atoms with Gasteiger partial charge in [-0.2, -0.15) is 0 Å². The molecule has 5 nitrogen and oxygen atoms in total. The topological polar surface area (TPSA) is 66.5 Å². The molecule has 0 saturated carbocycles. The van der Waals surface area contributed by atoms with Gasteiger partial charge in [0.2, 0.25) is 15.9 Å². The number of hydrogen-bond donors (Lipinski definition) is 1. The maximum atomic E-state index is 12.2. The maximum Gasteiger partial charge on any atom is 0.240 e. The van der Waals surface area contributed by atoms with E-state index < -0.39 is 10.0 Å². The van der Waals surface area contributed by atoms with Crippen LogP contribution in [0.5, 0.6) is 0 Å². The minimum Gasteiger partial charge on any atom is -0.340 e. The molecule has 0 aliphatic carbocycles. The Labute approximate surface area is 140 Å². The van der Waals surface area contributed by atoms with Crippen LogP contribution in [0.25, 0.3) is 0 Å². The molecule has 122 valence electrons. The molecule has 0 aromatic heterocycles. The van der Waals surface area contributed by atoms with Crippen LogP contribution in [0.4, 0.5) is 0 Å². The summed E-state index contributed by atoms with van der Waals surface area (Å²) in [7, 11) is -3.56. The first-order valence-electron chi connectivity index (χ1n) is 7.45. The number of benzene rings is 1. The summed E-state index contributed by atoms with van der Waals surface area (Å²) in [5.74, 6) is 0.0192. The van der Waals surface area contributed by atoms with Crippen LogP contribution >= 0.6 is 15.9 Å². The van der Waals surface area contributed by atoms with E-state index in [0.717, 1.165) is 30.3 Å². The molecule has 7 heteroatoms. The Morgan fingerprint density at radius 1 is 1.32 bits per heavy atom. The molecule has 1 atom stereocenters. The van der Waals surface area contributed by atoms with Crippen molar-refractivity contribution in [2.24, 2.45) is 0 Å². The lowest BCUT2D eigenvalue weighted by Gasteiger charge is -2.33. The fourth-order valence-electron chi connectivity index (χ4n) is 2.60. The normalized spacial score (nSPS) is 19.2. The van der Waals surface area contributed by atoms with Gasteiger partial charge in [0.25, 0.3) is 0 Å². The minimum absolute atomic E-state index is 0.0192. The quantitative estimate of drug-likeness (QED) is 0.842. The Bertz CT molecular complexity index is 616. The summed E-state index contributed by atoms with van der Waals surface area (Å²) in [6, 6.07) is 6.66. The van der Waals surface area contributed by atoms with Crippen LogP contribution < -0.4 is 4.72 Å². The molecule has 1 fully saturated rings. The molecule has 1 aromatic rings. The van der Waals surface area contributed by atoms with Gasteiger partial charge in [0.1, 0.15) is 0 Å². The molecule has 1 heterocycles. The van der Waals surface area contributed by atoms with E-state index in [0.29, 0.717) is 0 Å². The highest BCUT2D eigenvalue weighted by molar-refractivity contribution is 9.10. The van der Waals surface area contributed by atoms with Crippen LogP contribution in [0.1, 0.15) is 32.6 Å². The summed E-state index contributed by atoms with van der Waals surface area (Å²) in [4.78, 5) is 14.2. The zero-order valence-corrected chi connectivity index (χ0v) is 15.0. The molecule has 1 unspecified atom stereocenters. The van der Waals surface area contributed by atoms with Gasteiger partial charge in [-0.1, -0.05) is 15.9 Å². The van der Waals surface area contributed by atoms with Gasteiger partial charge in [0, 0.05) is 30.0 Å². The van der Waals surface area contributed by atoms with Crippen molar-refractivity contribution >= 4 is 31.9 Å². The summed E-state index contributed by atoms with van der Waals surface area (Å²) < 4.78 is 27.5. The molecule has 1 amide bonds. The molecule has 0 spiro atoms. The fourth-order valence-corrected chi connectivity index (χ4v) is 3.90. The Morgan fingerprint density at radius 3 is 2.64 bits per heavy atom. The van der Waals surface area contributed by atoms with E-state index in [9.17, 15) is 13.2 Å². The average Bonchev–Trinajstić information content (AvgIpc) is 2.48. The van der Waals surface area contributed by atoms with Crippen molar-refractivity contribution in [3.8, 4) is 0 Å². The van der Waals surface area contributed by atoms with Crippen LogP contribution in [0.2, 0.25) is 0 Å². The molecule has 1 aliphatic rings. The standard InChI is InChI=1S/C15H21BrN2O3S/c1-12-4-2-3-11-18(12)15(19)9-10-17-22(20,21)14-7-5-13(16)6-8-14/h5-8,12,17H,2-4,9-11H2,1H3. The molecule has 1 aromatic carbocycles. The molecular weight excluding hydrogens is 368 g/mol. The van der Waals surface area contributed by atoms with Crippen molar-refractivity contribution in [1.29, 1.82) is 0 Å². The number of piperidine rings is 1. The number of amides is 1. The zero-order valence-electron chi connectivity index (χ0n) is 12.6. The predicted octanol–water partition coefficient (Wildman–Crippen LogP) is 2.52. The number of carbonyl (C=O) groups is 1. The van der Waals surface area contributed by atoms with E-state index >= 15 is 0 Å². The van der Waals surface area contributed by atoms with Crippen molar-refractivity contribution in [1.82, 2.24) is 9.62 Å². The minimum atomic E-state index is -3.56. The number of hydrogen-bond acceptors (Lipinski definition) is 3. The maximum absolute atomic E-state index is 12.2. The smallest absolute Gasteiger partial charge is 0.240 e. The number of nitrogens with one attached hydrogen (secondary N) is 1. The first kappa shape index (κ1) is 17.4. The molecule has 0 bridgehead atoms. The van der Waals surface area contributed by atoms with Gasteiger partial charge in [0.05, 0.1) is 4.90 Å². The van der Waals surface area contributed by atoms with Crippen LogP contribution in [0, 0.1) is 0 Å². The number of rotatable bonds is 5. The third kappa shape index (κ3) is 4.54. The van der Waals surface area contributed by atoms with Crippen molar-refractivity contribution < 1.29 is 13.2 Å². The summed E-state index contributed by atoms with van der Waals surface area (Å²) in [6.45, 7) is 2.95. The summed E-state index contributed by atoms with van der Waals surface area (Å²) in [6.07, 6.45) is 3.40. The first-order valence-corrected chi connectivity index (χ1v) is 9.72. The highest BCUT2D eigenvalue weighted by Gasteiger charge is 2.23. The lowest BCUT2D eigenvalue weighted by Crippen LogP contribution is -2.43. The Kier molecular flexibility index (Phi) is 6.00. The molecule has 22 heavy (non-hydrogen) atoms. The van der Waals surface area contributed by atoms with Gasteiger partial charge in [-0.3, -0.25) is 4.79 Å². The van der Waals surface area contributed by atoms with Crippen molar-refractivity contribution in [2.45, 2.75) is 43.5 Å². The number of carbonyl (C=O) groups excluding carboxylic acids is 1. The van der Waals surface area contributed by atoms with Gasteiger partial charge < -0.3 is 4.90 Å². The number of nitrogens with zero attached hydrogens (tertiary/aromatic N) is 1. The van der Waals surface area contributed by atoms with Crippen LogP contribution in [-0.2, 0) is 14.8 Å². The largest absolute Gasteiger partial charge is 0.340 e. The van der Waals surface area contributed by atoms with Crippen LogP contribution in [-0.4, -0.2) is 38.4 Å². The Balaban J connectivity index is 1.87. The number of halogens is 1. The number of sulfonamides is 1. The summed E-state index contributed by atoms with van der Waals surface area (Å²) in [5, 5.41) is 0. The molecular formula is C15H21BrN2O3S. The third-order valence-corrected chi connectivity index (χ3v) is 5.88. The molecule has 2 rings (SSSR count). The second kappa shape index (κ2) is 7.57. The van der Waals surface area contributed by atoms with E-state index in [1.807, 2.05) is 11.8 Å². The third-order valence-electron chi connectivity index (χ3n) is 3.88. The lowest BCUT2D eigenvalue weighted by atomic mass is 10.0. The van der Waals surface area contributed by atoms with E-state index in [2.05, 4.69) is 20.7 Å². The molecule has 0 radical (unpaired) electrons. The van der Waals surface area contributed by atoms with E-state index in [4.69, 9.17) is 0 Å². The van der Waals surface area contributed by atoms with Gasteiger partial charge in [-0.25, -0.2) is 13.1 Å². The van der Waals surface area contributed by atoms with Crippen LogP contribution in [0.3, 0.4) is 0 Å². The van der Waals surface area contributed by atoms with Crippen molar-refractivity contribution in [2.75, 3.05) is 13.1 Å². The predicted molar refractivity (Wildman–Crippen MR) is 89.0 cm³/mol. The monoisotopic (exact) mass is 388 g/mol. The molecule has 1 N–H and O–H groups in total. The first-order chi connectivity index (χ1) is 10.4. The fraction of sp³-hybridized carbons (Fsp3) is 0.533. The zero-order chi connectivity index (χ0) is 16.2. The second-order valence-corrected chi connectivity index (χ2v) is 8.22. The highest BCUT2D eigenvalue weighted by Crippen LogP contribution is 2.17. The molecule has 1 saturated heterocycles. The highest BCUT2D eigenvalue weighted by atomic mass is 79.9. The average molecular weight is 389 g/mol. The van der Waals surface area contributed by atoms with Gasteiger partial charge >= 0.3 is 0 Å². The van der Waals surface area contributed by atoms with Gasteiger partial charge in [-0.05, 0) is 50.5 Å². The Morgan fingerprint density at radius 2 is 2.00 bits per heavy atom. The van der Waals surface area contributed by atoms with Gasteiger partial charge in [0.15, 0.2) is 0 Å². The summed E-state index contributed by atoms with van der Waals surface area (Å²) >= 11 is 3.27. The Hall–Kier alpha value is -0.920. The van der Waals surface area contributed by atoms with Crippen molar-refractivity contribution in [3.05, 3.63) is 28.7 Å². The van der Waals surface area contributed by atoms with Crippen LogP contribution in [0.15, 0.2) is 33.6 Å². The second-order valence-electron chi connectivity index (χ2n) is 5.53. The molecule has 1 aliphatic heterocycles. The van der Waals surface area contributed by atoms with E-state index in [-0.39, 0.29) is 29.8 Å². The number of likely N-dealkylation sites (tertiary alicyclic amines) is 1. The SMILES string of the molecule is CC1CCCCN1C(=O)CCNS(=O)(=O)c1ccc(Br)cc1. The van der Waals surface area contributed by atoms with E-state index in [1.165, 1.54) is 12.1 Å². The van der Waals surface area contributed by atoms with E-state index in [1.54, 1.807) is 12.1 Å².